The highest BCUT2D eigenvalue weighted by atomic mass is 35.5. The van der Waals surface area contributed by atoms with E-state index in [0.29, 0.717) is 5.15 Å². The quantitative estimate of drug-likeness (QED) is 0.526. The lowest BCUT2D eigenvalue weighted by Gasteiger charge is -1.99. The highest BCUT2D eigenvalue weighted by Gasteiger charge is 1.97. The van der Waals surface area contributed by atoms with Crippen LogP contribution in [-0.4, -0.2) is 11.2 Å². The molecule has 0 radical (unpaired) electrons. The maximum Gasteiger partial charge on any atom is 0.129 e. The van der Waals surface area contributed by atoms with Gasteiger partial charge in [0.2, 0.25) is 0 Å². The number of thioether (sulfide) groups is 1. The third-order valence-corrected chi connectivity index (χ3v) is 2.80. The molecule has 1 aromatic heterocycles. The van der Waals surface area contributed by atoms with Gasteiger partial charge in [0.15, 0.2) is 0 Å². The zero-order valence-corrected chi connectivity index (χ0v) is 8.69. The van der Waals surface area contributed by atoms with Gasteiger partial charge in [0.1, 0.15) is 5.15 Å². The number of hydrogen-bond donors (Lipinski definition) is 0. The van der Waals surface area contributed by atoms with Crippen molar-refractivity contribution in [2.75, 3.05) is 6.26 Å². The van der Waals surface area contributed by atoms with E-state index < -0.39 is 0 Å². The van der Waals surface area contributed by atoms with Crippen molar-refractivity contribution in [3.63, 3.8) is 0 Å². The Kier molecular flexibility index (Phi) is 2.42. The molecule has 0 aliphatic heterocycles. The number of nitrogens with zero attached hydrogens (tertiary/aromatic N) is 1. The second-order valence-electron chi connectivity index (χ2n) is 2.69. The van der Waals surface area contributed by atoms with Gasteiger partial charge >= 0.3 is 0 Å². The van der Waals surface area contributed by atoms with Crippen LogP contribution in [0, 0.1) is 0 Å². The van der Waals surface area contributed by atoms with Crippen LogP contribution in [0.3, 0.4) is 0 Å². The fourth-order valence-corrected chi connectivity index (χ4v) is 1.79. The molecule has 0 atom stereocenters. The van der Waals surface area contributed by atoms with Crippen LogP contribution in [-0.2, 0) is 0 Å². The van der Waals surface area contributed by atoms with Gasteiger partial charge < -0.3 is 0 Å². The van der Waals surface area contributed by atoms with Crippen LogP contribution >= 0.6 is 23.4 Å². The minimum Gasteiger partial charge on any atom is -0.236 e. The maximum absolute atomic E-state index is 5.80. The number of benzene rings is 1. The summed E-state index contributed by atoms with van der Waals surface area (Å²) in [6, 6.07) is 9.98. The zero-order valence-electron chi connectivity index (χ0n) is 7.12. The summed E-state index contributed by atoms with van der Waals surface area (Å²) in [5.41, 5.74) is 0.958. The molecular weight excluding hydrogens is 202 g/mol. The first-order chi connectivity index (χ1) is 6.29. The molecule has 2 aromatic rings. The molecule has 1 nitrogen and oxygen atoms in total. The largest absolute Gasteiger partial charge is 0.236 e. The molecule has 2 rings (SSSR count). The summed E-state index contributed by atoms with van der Waals surface area (Å²) in [7, 11) is 0. The van der Waals surface area contributed by atoms with E-state index in [1.807, 2.05) is 24.5 Å². The third-order valence-electron chi connectivity index (χ3n) is 1.87. The maximum atomic E-state index is 5.80. The summed E-state index contributed by atoms with van der Waals surface area (Å²) in [6.07, 6.45) is 2.05. The number of halogens is 1. The van der Waals surface area contributed by atoms with Gasteiger partial charge in [-0.15, -0.1) is 11.8 Å². The van der Waals surface area contributed by atoms with Crippen molar-refractivity contribution in [1.29, 1.82) is 0 Å². The summed E-state index contributed by atoms with van der Waals surface area (Å²) < 4.78 is 0. The molecule has 0 fully saturated rings. The van der Waals surface area contributed by atoms with E-state index in [1.54, 1.807) is 11.8 Å². The Hall–Kier alpha value is -0.730. The molecule has 0 amide bonds. The average Bonchev–Trinajstić information content (AvgIpc) is 2.16. The van der Waals surface area contributed by atoms with Crippen molar-refractivity contribution < 1.29 is 0 Å². The monoisotopic (exact) mass is 209 g/mol. The van der Waals surface area contributed by atoms with Gasteiger partial charge in [-0.05, 0) is 30.5 Å². The molecule has 0 unspecified atom stereocenters. The van der Waals surface area contributed by atoms with Crippen LogP contribution < -0.4 is 0 Å². The summed E-state index contributed by atoms with van der Waals surface area (Å²) in [5.74, 6) is 0. The Balaban J connectivity index is 2.68. The molecular formula is C10H8ClNS. The van der Waals surface area contributed by atoms with E-state index >= 15 is 0 Å². The molecule has 3 heteroatoms. The van der Waals surface area contributed by atoms with Gasteiger partial charge in [-0.2, -0.15) is 0 Å². The SMILES string of the molecule is CSc1ccc2ccc(Cl)nc2c1. The Morgan fingerprint density at radius 3 is 2.77 bits per heavy atom. The number of pyridine rings is 1. The van der Waals surface area contributed by atoms with Crippen LogP contribution in [0.15, 0.2) is 35.2 Å². The second kappa shape index (κ2) is 3.56. The molecule has 0 aliphatic carbocycles. The third kappa shape index (κ3) is 1.79. The smallest absolute Gasteiger partial charge is 0.129 e. The fourth-order valence-electron chi connectivity index (χ4n) is 1.20. The van der Waals surface area contributed by atoms with Gasteiger partial charge in [0, 0.05) is 10.3 Å². The van der Waals surface area contributed by atoms with Crippen molar-refractivity contribution in [3.8, 4) is 0 Å². The molecule has 0 aliphatic rings. The molecule has 0 spiro atoms. The highest BCUT2D eigenvalue weighted by molar-refractivity contribution is 7.98. The Labute approximate surface area is 86.1 Å². The number of aromatic nitrogens is 1. The van der Waals surface area contributed by atoms with Crippen molar-refractivity contribution in [1.82, 2.24) is 4.98 Å². The van der Waals surface area contributed by atoms with E-state index in [9.17, 15) is 0 Å². The first-order valence-electron chi connectivity index (χ1n) is 3.90. The first-order valence-corrected chi connectivity index (χ1v) is 5.50. The summed E-state index contributed by atoms with van der Waals surface area (Å²) in [5, 5.41) is 1.67. The van der Waals surface area contributed by atoms with Gasteiger partial charge in [-0.3, -0.25) is 0 Å². The predicted octanol–water partition coefficient (Wildman–Crippen LogP) is 3.61. The first kappa shape index (κ1) is 8.85. The van der Waals surface area contributed by atoms with Crippen LogP contribution in [0.25, 0.3) is 10.9 Å². The Morgan fingerprint density at radius 1 is 1.23 bits per heavy atom. The lowest BCUT2D eigenvalue weighted by Crippen LogP contribution is -1.79. The van der Waals surface area contributed by atoms with Crippen molar-refractivity contribution in [3.05, 3.63) is 35.5 Å². The Morgan fingerprint density at radius 2 is 2.00 bits per heavy atom. The predicted molar refractivity (Wildman–Crippen MR) is 58.5 cm³/mol. The van der Waals surface area contributed by atoms with E-state index in [4.69, 9.17) is 11.6 Å². The standard InChI is InChI=1S/C10H8ClNS/c1-13-8-4-2-7-3-5-10(11)12-9(7)6-8/h2-6H,1H3. The van der Waals surface area contributed by atoms with E-state index in [2.05, 4.69) is 17.1 Å². The van der Waals surface area contributed by atoms with Gasteiger partial charge in [-0.1, -0.05) is 17.7 Å². The molecule has 0 saturated heterocycles. The minimum atomic E-state index is 0.547. The summed E-state index contributed by atoms with van der Waals surface area (Å²) in [4.78, 5) is 5.45. The Bertz CT molecular complexity index is 442. The molecule has 0 saturated carbocycles. The van der Waals surface area contributed by atoms with E-state index in [1.165, 1.54) is 4.90 Å². The lowest BCUT2D eigenvalue weighted by atomic mass is 10.2. The van der Waals surface area contributed by atoms with Crippen LogP contribution in [0.4, 0.5) is 0 Å². The van der Waals surface area contributed by atoms with Gasteiger partial charge in [0.05, 0.1) is 5.52 Å². The van der Waals surface area contributed by atoms with Crippen molar-refractivity contribution in [2.24, 2.45) is 0 Å². The van der Waals surface area contributed by atoms with Crippen LogP contribution in [0.2, 0.25) is 5.15 Å². The highest BCUT2D eigenvalue weighted by Crippen LogP contribution is 2.21. The molecule has 0 N–H and O–H groups in total. The normalized spacial score (nSPS) is 10.6. The van der Waals surface area contributed by atoms with E-state index in [-0.39, 0.29) is 0 Å². The molecule has 66 valence electrons. The van der Waals surface area contributed by atoms with E-state index in [0.717, 1.165) is 10.9 Å². The van der Waals surface area contributed by atoms with Gasteiger partial charge in [-0.25, -0.2) is 4.98 Å². The molecule has 0 bridgehead atoms. The molecule has 1 aromatic carbocycles. The van der Waals surface area contributed by atoms with Crippen LogP contribution in [0.5, 0.6) is 0 Å². The minimum absolute atomic E-state index is 0.547. The van der Waals surface area contributed by atoms with Gasteiger partial charge in [0.25, 0.3) is 0 Å². The van der Waals surface area contributed by atoms with Crippen LogP contribution in [0.1, 0.15) is 0 Å². The summed E-state index contributed by atoms with van der Waals surface area (Å²) in [6.45, 7) is 0. The molecule has 13 heavy (non-hydrogen) atoms. The van der Waals surface area contributed by atoms with Crippen molar-refractivity contribution in [2.45, 2.75) is 4.90 Å². The fraction of sp³-hybridized carbons (Fsp3) is 0.100. The van der Waals surface area contributed by atoms with Crippen molar-refractivity contribution >= 4 is 34.3 Å². The summed E-state index contributed by atoms with van der Waals surface area (Å²) >= 11 is 7.50. The number of rotatable bonds is 1. The number of fused-ring (bicyclic) bond motifs is 1. The lowest BCUT2D eigenvalue weighted by molar-refractivity contribution is 1.38. The average molecular weight is 210 g/mol. The second-order valence-corrected chi connectivity index (χ2v) is 3.96. The topological polar surface area (TPSA) is 12.9 Å². The molecule has 1 heterocycles. The zero-order chi connectivity index (χ0) is 9.26. The number of hydrogen-bond acceptors (Lipinski definition) is 2.